The maximum Gasteiger partial charge on any atom is 0.419 e. The lowest BCUT2D eigenvalue weighted by atomic mass is 9.99. The van der Waals surface area contributed by atoms with E-state index in [2.05, 4.69) is 10.3 Å². The molecule has 1 saturated heterocycles. The number of esters is 1. The second-order valence-electron chi connectivity index (χ2n) is 7.87. The maximum atomic E-state index is 13.2. The molecule has 11 nitrogen and oxygen atoms in total. The van der Waals surface area contributed by atoms with Gasteiger partial charge in [0.15, 0.2) is 10.7 Å². The Bertz CT molecular complexity index is 1390. The van der Waals surface area contributed by atoms with E-state index in [0.717, 1.165) is 0 Å². The van der Waals surface area contributed by atoms with E-state index in [4.69, 9.17) is 9.15 Å². The van der Waals surface area contributed by atoms with Crippen molar-refractivity contribution in [2.75, 3.05) is 25.0 Å². The summed E-state index contributed by atoms with van der Waals surface area (Å²) in [4.78, 5) is 40.4. The van der Waals surface area contributed by atoms with Gasteiger partial charge in [0.2, 0.25) is 15.9 Å². The minimum Gasteiger partial charge on any atom is -0.466 e. The Labute approximate surface area is 199 Å². The number of thiazole rings is 1. The molecule has 0 aliphatic carbocycles. The number of rotatable bonds is 7. The van der Waals surface area contributed by atoms with Crippen molar-refractivity contribution in [3.05, 3.63) is 39.8 Å². The molecule has 1 aliphatic heterocycles. The highest BCUT2D eigenvalue weighted by Crippen LogP contribution is 2.27. The zero-order valence-electron chi connectivity index (χ0n) is 18.6. The maximum absolute atomic E-state index is 13.2. The number of ether oxygens (including phenoxy) is 1. The average Bonchev–Trinajstić information content (AvgIpc) is 3.36. The fraction of sp³-hybridized carbons (Fsp3) is 0.429. The fourth-order valence-corrected chi connectivity index (χ4v) is 6.06. The standard InChI is InChI=1S/C21H24N4O7S2/c1-3-31-18(26)9-14-12-33-20(22-14)23-19(27)13-5-4-8-25(11-13)34(29,30)15-6-7-16-17(10-15)32-21(28)24(16)2/h6-7,10,12-13H,3-5,8-9,11H2,1-2H3,(H,22,23,27)/t13-/m0/s1. The van der Waals surface area contributed by atoms with Crippen molar-refractivity contribution in [1.82, 2.24) is 13.9 Å². The lowest BCUT2D eigenvalue weighted by Gasteiger charge is -2.31. The molecule has 1 fully saturated rings. The van der Waals surface area contributed by atoms with Gasteiger partial charge in [-0.3, -0.25) is 14.2 Å². The van der Waals surface area contributed by atoms with E-state index in [1.165, 1.54) is 38.4 Å². The van der Waals surface area contributed by atoms with Crippen LogP contribution < -0.4 is 11.1 Å². The molecule has 0 saturated carbocycles. The first kappa shape index (κ1) is 24.1. The first-order valence-electron chi connectivity index (χ1n) is 10.7. The molecule has 1 aromatic carbocycles. The van der Waals surface area contributed by atoms with Crippen LogP contribution in [0.15, 0.2) is 37.7 Å². The highest BCUT2D eigenvalue weighted by Gasteiger charge is 2.34. The summed E-state index contributed by atoms with van der Waals surface area (Å²) in [5.41, 5.74) is 1.17. The highest BCUT2D eigenvalue weighted by molar-refractivity contribution is 7.89. The summed E-state index contributed by atoms with van der Waals surface area (Å²) in [7, 11) is -2.35. The van der Waals surface area contributed by atoms with Gasteiger partial charge in [-0.25, -0.2) is 18.2 Å². The Kier molecular flexibility index (Phi) is 6.86. The summed E-state index contributed by atoms with van der Waals surface area (Å²) < 4.78 is 39.0. The van der Waals surface area contributed by atoms with Crippen molar-refractivity contribution >= 4 is 49.5 Å². The van der Waals surface area contributed by atoms with Gasteiger partial charge in [-0.15, -0.1) is 11.3 Å². The SMILES string of the molecule is CCOC(=O)Cc1csc(NC(=O)[C@H]2CCCN(S(=O)(=O)c3ccc4c(c3)oc(=O)n4C)C2)n1. The van der Waals surface area contributed by atoms with Crippen LogP contribution in [0.3, 0.4) is 0 Å². The van der Waals surface area contributed by atoms with E-state index >= 15 is 0 Å². The van der Waals surface area contributed by atoms with Crippen molar-refractivity contribution in [1.29, 1.82) is 0 Å². The molecule has 3 heterocycles. The van der Waals surface area contributed by atoms with Gasteiger partial charge in [-0.2, -0.15) is 4.31 Å². The van der Waals surface area contributed by atoms with E-state index in [1.54, 1.807) is 19.4 Å². The summed E-state index contributed by atoms with van der Waals surface area (Å²) in [6.45, 7) is 2.30. The molecule has 1 N–H and O–H groups in total. The van der Waals surface area contributed by atoms with Crippen molar-refractivity contribution < 1.29 is 27.2 Å². The fourth-order valence-electron chi connectivity index (χ4n) is 3.81. The number of nitrogens with one attached hydrogen (secondary N) is 1. The zero-order valence-corrected chi connectivity index (χ0v) is 20.3. The molecule has 4 rings (SSSR count). The smallest absolute Gasteiger partial charge is 0.419 e. The van der Waals surface area contributed by atoms with Crippen LogP contribution in [0, 0.1) is 5.92 Å². The Morgan fingerprint density at radius 1 is 1.35 bits per heavy atom. The minimum atomic E-state index is -3.89. The Morgan fingerprint density at radius 3 is 2.91 bits per heavy atom. The number of oxazole rings is 1. The van der Waals surface area contributed by atoms with Crippen LogP contribution in [-0.4, -0.2) is 53.8 Å². The number of sulfonamides is 1. The molecule has 0 radical (unpaired) electrons. The number of nitrogens with zero attached hydrogens (tertiary/aromatic N) is 3. The molecule has 1 amide bonds. The first-order chi connectivity index (χ1) is 16.2. The van der Waals surface area contributed by atoms with Crippen LogP contribution in [0.25, 0.3) is 11.1 Å². The van der Waals surface area contributed by atoms with Gasteiger partial charge in [0.05, 0.1) is 35.1 Å². The van der Waals surface area contributed by atoms with E-state index in [1.807, 2.05) is 0 Å². The van der Waals surface area contributed by atoms with Gasteiger partial charge in [0, 0.05) is 31.6 Å². The van der Waals surface area contributed by atoms with E-state index < -0.39 is 27.7 Å². The van der Waals surface area contributed by atoms with Crippen LogP contribution in [-0.2, 0) is 37.8 Å². The number of aromatic nitrogens is 2. The Hall–Kier alpha value is -3.03. The third-order valence-corrected chi connectivity index (χ3v) is 8.24. The molecule has 34 heavy (non-hydrogen) atoms. The summed E-state index contributed by atoms with van der Waals surface area (Å²) in [5, 5.41) is 4.74. The van der Waals surface area contributed by atoms with Crippen molar-refractivity contribution in [3.8, 4) is 0 Å². The van der Waals surface area contributed by atoms with Crippen molar-refractivity contribution in [2.24, 2.45) is 13.0 Å². The van der Waals surface area contributed by atoms with Crippen LogP contribution in [0.5, 0.6) is 0 Å². The quantitative estimate of drug-likeness (QED) is 0.476. The van der Waals surface area contributed by atoms with Gasteiger partial charge in [-0.1, -0.05) is 0 Å². The predicted octanol–water partition coefficient (Wildman–Crippen LogP) is 1.73. The van der Waals surface area contributed by atoms with Gasteiger partial charge < -0.3 is 14.5 Å². The van der Waals surface area contributed by atoms with Crippen LogP contribution in [0.2, 0.25) is 0 Å². The molecular weight excluding hydrogens is 484 g/mol. The van der Waals surface area contributed by atoms with Crippen LogP contribution >= 0.6 is 11.3 Å². The molecule has 1 aliphatic rings. The van der Waals surface area contributed by atoms with E-state index in [-0.39, 0.29) is 42.5 Å². The Morgan fingerprint density at radius 2 is 2.15 bits per heavy atom. The largest absolute Gasteiger partial charge is 0.466 e. The predicted molar refractivity (Wildman–Crippen MR) is 124 cm³/mol. The first-order valence-corrected chi connectivity index (χ1v) is 13.0. The summed E-state index contributed by atoms with van der Waals surface area (Å²) >= 11 is 1.19. The van der Waals surface area contributed by atoms with Crippen LogP contribution in [0.1, 0.15) is 25.5 Å². The van der Waals surface area contributed by atoms with Gasteiger partial charge >= 0.3 is 11.7 Å². The lowest BCUT2D eigenvalue weighted by molar-refractivity contribution is -0.142. The number of carbonyl (C=O) groups is 2. The number of carbonyl (C=O) groups excluding carboxylic acids is 2. The number of aryl methyl sites for hydroxylation is 1. The summed E-state index contributed by atoms with van der Waals surface area (Å²) in [5.74, 6) is -1.86. The third-order valence-electron chi connectivity index (χ3n) is 5.57. The molecule has 0 unspecified atom stereocenters. The van der Waals surface area contributed by atoms with Gasteiger partial charge in [0.25, 0.3) is 0 Å². The molecule has 182 valence electrons. The number of fused-ring (bicyclic) bond motifs is 1. The zero-order chi connectivity index (χ0) is 24.5. The average molecular weight is 509 g/mol. The van der Waals surface area contributed by atoms with E-state index in [9.17, 15) is 22.8 Å². The number of hydrogen-bond acceptors (Lipinski definition) is 9. The number of amides is 1. The number of piperidine rings is 1. The molecule has 0 spiro atoms. The molecule has 13 heteroatoms. The summed E-state index contributed by atoms with van der Waals surface area (Å²) in [6.07, 6.45) is 1.07. The molecule has 0 bridgehead atoms. The van der Waals surface area contributed by atoms with Gasteiger partial charge in [0.1, 0.15) is 0 Å². The molecule has 3 aromatic rings. The monoisotopic (exact) mass is 508 g/mol. The Balaban J connectivity index is 1.44. The molecule has 2 aromatic heterocycles. The molecular formula is C21H24N4O7S2. The van der Waals surface area contributed by atoms with Crippen LogP contribution in [0.4, 0.5) is 5.13 Å². The van der Waals surface area contributed by atoms with Gasteiger partial charge in [-0.05, 0) is 31.9 Å². The van der Waals surface area contributed by atoms with Crippen molar-refractivity contribution in [3.63, 3.8) is 0 Å². The number of anilines is 1. The highest BCUT2D eigenvalue weighted by atomic mass is 32.2. The lowest BCUT2D eigenvalue weighted by Crippen LogP contribution is -2.43. The second-order valence-corrected chi connectivity index (χ2v) is 10.7. The number of hydrogen-bond donors (Lipinski definition) is 1. The number of benzene rings is 1. The normalized spacial score (nSPS) is 17.1. The third kappa shape index (κ3) is 4.91. The summed E-state index contributed by atoms with van der Waals surface area (Å²) in [6, 6.07) is 4.28. The molecule has 1 atom stereocenters. The minimum absolute atomic E-state index is 0.000983. The van der Waals surface area contributed by atoms with E-state index in [0.29, 0.717) is 29.2 Å². The topological polar surface area (TPSA) is 141 Å². The second kappa shape index (κ2) is 9.68. The van der Waals surface area contributed by atoms with Crippen molar-refractivity contribution in [2.45, 2.75) is 31.1 Å².